The number of carbonyl (C=O) groups is 1. The second-order valence-electron chi connectivity index (χ2n) is 6.76. The number of rotatable bonds is 5. The molecule has 0 unspecified atom stereocenters. The number of ether oxygens (including phenoxy) is 2. The van der Waals surface area contributed by atoms with E-state index < -0.39 is 30.6 Å². The molecule has 2 aliphatic heterocycles. The van der Waals surface area contributed by atoms with Gasteiger partial charge in [-0.15, -0.1) is 0 Å². The topological polar surface area (TPSA) is 156 Å². The van der Waals surface area contributed by atoms with Crippen molar-refractivity contribution in [2.75, 3.05) is 32.1 Å². The Morgan fingerprint density at radius 3 is 2.93 bits per heavy atom. The summed E-state index contributed by atoms with van der Waals surface area (Å²) in [5.74, 6) is 0.574. The first-order valence-electron chi connectivity index (χ1n) is 9.07. The van der Waals surface area contributed by atoms with Gasteiger partial charge in [0, 0.05) is 20.2 Å². The summed E-state index contributed by atoms with van der Waals surface area (Å²) < 4.78 is 12.7. The maximum atomic E-state index is 11.4. The second-order valence-corrected chi connectivity index (χ2v) is 6.76. The van der Waals surface area contributed by atoms with Crippen LogP contribution in [-0.4, -0.2) is 86.9 Å². The predicted molar refractivity (Wildman–Crippen MR) is 96.6 cm³/mol. The summed E-state index contributed by atoms with van der Waals surface area (Å²) in [6, 6.07) is -0.250. The Kier molecular flexibility index (Phi) is 5.26. The quantitative estimate of drug-likeness (QED) is 0.411. The van der Waals surface area contributed by atoms with Gasteiger partial charge < -0.3 is 35.6 Å². The molecule has 2 aliphatic rings. The Labute approximate surface area is 160 Å². The molecule has 152 valence electrons. The van der Waals surface area contributed by atoms with Gasteiger partial charge in [0.15, 0.2) is 23.2 Å². The number of nitrogens with one attached hydrogen (secondary N) is 3. The first-order chi connectivity index (χ1) is 13.6. The Morgan fingerprint density at radius 1 is 1.32 bits per heavy atom. The molecule has 2 amide bonds. The number of imidazole rings is 1. The number of nitrogens with zero attached hydrogens (tertiary/aromatic N) is 4. The van der Waals surface area contributed by atoms with Crippen molar-refractivity contribution in [2.24, 2.45) is 0 Å². The molecule has 2 aromatic heterocycles. The fourth-order valence-electron chi connectivity index (χ4n) is 3.39. The number of aliphatic hydroxyl groups is 2. The molecule has 0 aromatic carbocycles. The van der Waals surface area contributed by atoms with Crippen LogP contribution in [0.3, 0.4) is 0 Å². The zero-order chi connectivity index (χ0) is 19.7. The van der Waals surface area contributed by atoms with Crippen molar-refractivity contribution in [3.63, 3.8) is 0 Å². The van der Waals surface area contributed by atoms with Gasteiger partial charge in [0.25, 0.3) is 0 Å². The molecule has 28 heavy (non-hydrogen) atoms. The molecule has 0 saturated carbocycles. The number of urea groups is 1. The molecule has 2 fully saturated rings. The van der Waals surface area contributed by atoms with Gasteiger partial charge in [0.05, 0.1) is 19.0 Å². The Bertz CT molecular complexity index is 840. The molecule has 12 nitrogen and oxygen atoms in total. The van der Waals surface area contributed by atoms with Gasteiger partial charge in [-0.05, 0) is 6.42 Å². The highest BCUT2D eigenvalue weighted by atomic mass is 16.6. The zero-order valence-corrected chi connectivity index (χ0v) is 15.3. The number of amides is 2. The fraction of sp³-hybridized carbons (Fsp3) is 0.625. The normalized spacial score (nSPS) is 29.9. The molecule has 5 N–H and O–H groups in total. The van der Waals surface area contributed by atoms with E-state index in [9.17, 15) is 15.0 Å². The largest absolute Gasteiger partial charge is 0.387 e. The van der Waals surface area contributed by atoms with Gasteiger partial charge >= 0.3 is 6.03 Å². The minimum Gasteiger partial charge on any atom is -0.387 e. The number of fused-ring (bicyclic) bond motifs is 1. The first-order valence-corrected chi connectivity index (χ1v) is 9.07. The lowest BCUT2D eigenvalue weighted by atomic mass is 10.1. The summed E-state index contributed by atoms with van der Waals surface area (Å²) in [5, 5.41) is 29.0. The molecular formula is C16H23N7O5. The maximum Gasteiger partial charge on any atom is 0.314 e. The third kappa shape index (κ3) is 3.46. The van der Waals surface area contributed by atoms with Gasteiger partial charge in [0.1, 0.15) is 24.6 Å². The molecule has 4 heterocycles. The molecule has 0 spiro atoms. The highest BCUT2D eigenvalue weighted by molar-refractivity contribution is 5.82. The van der Waals surface area contributed by atoms with Gasteiger partial charge in [-0.25, -0.2) is 19.7 Å². The van der Waals surface area contributed by atoms with Crippen LogP contribution in [0.5, 0.6) is 0 Å². The van der Waals surface area contributed by atoms with Crippen LogP contribution < -0.4 is 16.0 Å². The summed E-state index contributed by atoms with van der Waals surface area (Å²) in [5.41, 5.74) is 0.999. The van der Waals surface area contributed by atoms with Crippen molar-refractivity contribution in [3.8, 4) is 0 Å². The van der Waals surface area contributed by atoms with E-state index in [-0.39, 0.29) is 12.6 Å². The summed E-state index contributed by atoms with van der Waals surface area (Å²) in [6.07, 6.45) is -0.272. The summed E-state index contributed by atoms with van der Waals surface area (Å²) in [6.45, 7) is 1.35. The van der Waals surface area contributed by atoms with Crippen molar-refractivity contribution in [1.29, 1.82) is 0 Å². The molecule has 0 aliphatic carbocycles. The lowest BCUT2D eigenvalue weighted by molar-refractivity contribution is -0.0335. The van der Waals surface area contributed by atoms with E-state index in [2.05, 4.69) is 30.9 Å². The van der Waals surface area contributed by atoms with E-state index in [0.717, 1.165) is 6.42 Å². The molecule has 4 rings (SSSR count). The van der Waals surface area contributed by atoms with Crippen molar-refractivity contribution in [2.45, 2.75) is 37.0 Å². The smallest absolute Gasteiger partial charge is 0.314 e. The molecule has 0 bridgehead atoms. The fourth-order valence-corrected chi connectivity index (χ4v) is 3.39. The van der Waals surface area contributed by atoms with Crippen LogP contribution in [0, 0.1) is 0 Å². The third-order valence-corrected chi connectivity index (χ3v) is 4.93. The minimum absolute atomic E-state index is 0.0461. The molecule has 12 heteroatoms. The van der Waals surface area contributed by atoms with Gasteiger partial charge in [-0.1, -0.05) is 0 Å². The summed E-state index contributed by atoms with van der Waals surface area (Å²) >= 11 is 0. The standard InChI is InChI=1S/C16H23N7O5/c1-17-16(26)18-4-9-11(24)12(25)15(28-9)23-7-21-10-13(19-6-20-14(10)23)22-8-2-3-27-5-8/h6-9,11-12,15,24-25H,2-5H2,1H3,(H2,17,18,26)(H,19,20,22)/t8-,9-,11-,12-,15-/m1/s1. The summed E-state index contributed by atoms with van der Waals surface area (Å²) in [7, 11) is 1.49. The van der Waals surface area contributed by atoms with Crippen molar-refractivity contribution >= 4 is 23.0 Å². The number of carbonyl (C=O) groups excluding carboxylic acids is 1. The van der Waals surface area contributed by atoms with E-state index in [0.29, 0.717) is 30.2 Å². The monoisotopic (exact) mass is 393 g/mol. The van der Waals surface area contributed by atoms with Crippen LogP contribution in [0.4, 0.5) is 10.6 Å². The van der Waals surface area contributed by atoms with Crippen LogP contribution in [0.2, 0.25) is 0 Å². The van der Waals surface area contributed by atoms with E-state index in [1.165, 1.54) is 19.7 Å². The number of anilines is 1. The number of hydrogen-bond donors (Lipinski definition) is 5. The van der Waals surface area contributed by atoms with Crippen LogP contribution in [0.15, 0.2) is 12.7 Å². The Morgan fingerprint density at radius 2 is 2.18 bits per heavy atom. The average molecular weight is 393 g/mol. The van der Waals surface area contributed by atoms with Gasteiger partial charge in [-0.3, -0.25) is 4.57 Å². The number of aliphatic hydroxyl groups excluding tert-OH is 2. The predicted octanol–water partition coefficient (Wildman–Crippen LogP) is -1.42. The van der Waals surface area contributed by atoms with E-state index in [4.69, 9.17) is 9.47 Å². The Hall–Kier alpha value is -2.54. The summed E-state index contributed by atoms with van der Waals surface area (Å²) in [4.78, 5) is 24.2. The first kappa shape index (κ1) is 18.8. The number of hydrogen-bond acceptors (Lipinski definition) is 9. The lowest BCUT2D eigenvalue weighted by Gasteiger charge is -2.17. The minimum atomic E-state index is -1.21. The van der Waals surface area contributed by atoms with E-state index >= 15 is 0 Å². The Balaban J connectivity index is 1.54. The molecule has 5 atom stereocenters. The second kappa shape index (κ2) is 7.83. The highest BCUT2D eigenvalue weighted by Gasteiger charge is 2.44. The molecule has 0 radical (unpaired) electrons. The van der Waals surface area contributed by atoms with Gasteiger partial charge in [0.2, 0.25) is 0 Å². The molecule has 2 saturated heterocycles. The zero-order valence-electron chi connectivity index (χ0n) is 15.3. The van der Waals surface area contributed by atoms with Crippen molar-refractivity contribution < 1.29 is 24.5 Å². The van der Waals surface area contributed by atoms with Crippen LogP contribution in [0.25, 0.3) is 11.2 Å². The van der Waals surface area contributed by atoms with Crippen LogP contribution >= 0.6 is 0 Å². The van der Waals surface area contributed by atoms with Crippen LogP contribution in [-0.2, 0) is 9.47 Å². The van der Waals surface area contributed by atoms with Crippen molar-refractivity contribution in [1.82, 2.24) is 30.2 Å². The van der Waals surface area contributed by atoms with Crippen molar-refractivity contribution in [3.05, 3.63) is 12.7 Å². The van der Waals surface area contributed by atoms with Crippen LogP contribution in [0.1, 0.15) is 12.6 Å². The average Bonchev–Trinajstić information content (AvgIpc) is 3.42. The SMILES string of the molecule is CNC(=O)NC[C@H]1O[C@@H](n2cnc3c(N[C@@H]4CCOC4)ncnc32)[C@H](O)[C@@H]1O. The number of aromatic nitrogens is 4. The van der Waals surface area contributed by atoms with E-state index in [1.807, 2.05) is 0 Å². The highest BCUT2D eigenvalue weighted by Crippen LogP contribution is 2.32. The third-order valence-electron chi connectivity index (χ3n) is 4.93. The maximum absolute atomic E-state index is 11.4. The molecular weight excluding hydrogens is 370 g/mol. The van der Waals surface area contributed by atoms with E-state index in [1.54, 1.807) is 4.57 Å². The molecule has 2 aromatic rings. The lowest BCUT2D eigenvalue weighted by Crippen LogP contribution is -2.42. The van der Waals surface area contributed by atoms with Gasteiger partial charge in [-0.2, -0.15) is 0 Å².